The van der Waals surface area contributed by atoms with Crippen LogP contribution < -0.4 is 0 Å². The van der Waals surface area contributed by atoms with Gasteiger partial charge in [-0.15, -0.1) is 11.8 Å². The molecular formula is C10H14BrN3S. The Balaban J connectivity index is 0.000000531. The van der Waals surface area contributed by atoms with Gasteiger partial charge in [0.2, 0.25) is 0 Å². The fourth-order valence-corrected chi connectivity index (χ4v) is 2.26. The lowest BCUT2D eigenvalue weighted by atomic mass is 10.5. The largest absolute Gasteiger partial charge is 0.234 e. The van der Waals surface area contributed by atoms with Gasteiger partial charge < -0.3 is 0 Å². The summed E-state index contributed by atoms with van der Waals surface area (Å²) in [5, 5.41) is 4.30. The number of hydrogen-bond donors (Lipinski definition) is 0. The summed E-state index contributed by atoms with van der Waals surface area (Å²) in [4.78, 5) is 5.42. The average Bonchev–Trinajstić information content (AvgIpc) is 2.62. The quantitative estimate of drug-likeness (QED) is 0.752. The van der Waals surface area contributed by atoms with Crippen molar-refractivity contribution >= 4 is 33.3 Å². The molecule has 0 spiro atoms. The first-order chi connectivity index (χ1) is 7.22. The Morgan fingerprint density at radius 1 is 1.40 bits per heavy atom. The van der Waals surface area contributed by atoms with E-state index in [0.29, 0.717) is 0 Å². The molecule has 0 aromatic carbocycles. The number of aryl methyl sites for hydroxylation is 1. The van der Waals surface area contributed by atoms with E-state index >= 15 is 0 Å². The minimum absolute atomic E-state index is 0.838. The van der Waals surface area contributed by atoms with Crippen molar-refractivity contribution in [2.45, 2.75) is 25.7 Å². The van der Waals surface area contributed by atoms with Crippen molar-refractivity contribution in [2.75, 3.05) is 6.26 Å². The van der Waals surface area contributed by atoms with Gasteiger partial charge in [0, 0.05) is 0 Å². The topological polar surface area (TPSA) is 30.2 Å². The maximum absolute atomic E-state index is 4.30. The van der Waals surface area contributed by atoms with Gasteiger partial charge in [-0.25, -0.2) is 9.50 Å². The van der Waals surface area contributed by atoms with E-state index in [2.05, 4.69) is 26.0 Å². The number of thioether (sulfide) groups is 1. The van der Waals surface area contributed by atoms with Crippen LogP contribution in [0.5, 0.6) is 0 Å². The maximum atomic E-state index is 4.30. The number of rotatable bonds is 1. The Labute approximate surface area is 102 Å². The molecule has 5 heteroatoms. The molecule has 2 aromatic heterocycles. The predicted octanol–water partition coefficient (Wildman–Crippen LogP) is 3.55. The molecule has 2 heterocycles. The normalized spacial score (nSPS) is 9.93. The first kappa shape index (κ1) is 12.5. The lowest BCUT2D eigenvalue weighted by Gasteiger charge is -2.01. The molecule has 2 aromatic rings. The van der Waals surface area contributed by atoms with Crippen molar-refractivity contribution in [1.29, 1.82) is 0 Å². The van der Waals surface area contributed by atoms with Crippen molar-refractivity contribution < 1.29 is 0 Å². The van der Waals surface area contributed by atoms with Crippen LogP contribution in [0.3, 0.4) is 0 Å². The van der Waals surface area contributed by atoms with Crippen LogP contribution in [0.2, 0.25) is 0 Å². The average molecular weight is 288 g/mol. The molecule has 0 unspecified atom stereocenters. The predicted molar refractivity (Wildman–Crippen MR) is 68.6 cm³/mol. The molecule has 0 aliphatic heterocycles. The summed E-state index contributed by atoms with van der Waals surface area (Å²) in [5.41, 5.74) is 1.97. The van der Waals surface area contributed by atoms with E-state index in [1.807, 2.05) is 43.8 Å². The van der Waals surface area contributed by atoms with Crippen molar-refractivity contribution in [3.8, 4) is 0 Å². The third-order valence-corrected chi connectivity index (χ3v) is 2.92. The van der Waals surface area contributed by atoms with Gasteiger partial charge in [0.1, 0.15) is 4.60 Å². The van der Waals surface area contributed by atoms with Crippen LogP contribution in [0.4, 0.5) is 0 Å². The molecule has 2 rings (SSSR count). The van der Waals surface area contributed by atoms with E-state index in [0.717, 1.165) is 20.8 Å². The number of imidazole rings is 1. The summed E-state index contributed by atoms with van der Waals surface area (Å²) in [5.74, 6) is 0. The number of aromatic nitrogens is 3. The molecule has 0 bridgehead atoms. The Bertz CT molecular complexity index is 453. The fourth-order valence-electron chi connectivity index (χ4n) is 1.17. The van der Waals surface area contributed by atoms with E-state index in [1.54, 1.807) is 11.8 Å². The first-order valence-electron chi connectivity index (χ1n) is 4.77. The van der Waals surface area contributed by atoms with Gasteiger partial charge in [0.15, 0.2) is 5.65 Å². The van der Waals surface area contributed by atoms with Crippen molar-refractivity contribution in [3.05, 3.63) is 22.6 Å². The monoisotopic (exact) mass is 287 g/mol. The SMILES string of the molecule is CC.CSc1cc(Br)nn2c(C)cnc12. The van der Waals surface area contributed by atoms with Crippen molar-refractivity contribution in [3.63, 3.8) is 0 Å². The van der Waals surface area contributed by atoms with Crippen LogP contribution in [-0.4, -0.2) is 20.9 Å². The van der Waals surface area contributed by atoms with Gasteiger partial charge in [-0.05, 0) is 35.2 Å². The van der Waals surface area contributed by atoms with Crippen molar-refractivity contribution in [1.82, 2.24) is 14.6 Å². The van der Waals surface area contributed by atoms with Crippen LogP contribution in [0, 0.1) is 6.92 Å². The molecule has 0 aliphatic rings. The number of fused-ring (bicyclic) bond motifs is 1. The van der Waals surface area contributed by atoms with Crippen LogP contribution in [0.15, 0.2) is 21.8 Å². The summed E-state index contributed by atoms with van der Waals surface area (Å²) in [6.45, 7) is 5.99. The molecule has 15 heavy (non-hydrogen) atoms. The number of nitrogens with zero attached hydrogens (tertiary/aromatic N) is 3. The highest BCUT2D eigenvalue weighted by molar-refractivity contribution is 9.10. The summed E-state index contributed by atoms with van der Waals surface area (Å²) in [6.07, 6.45) is 3.86. The summed E-state index contributed by atoms with van der Waals surface area (Å²) in [6, 6.07) is 1.98. The minimum atomic E-state index is 0.838. The van der Waals surface area contributed by atoms with Gasteiger partial charge >= 0.3 is 0 Å². The highest BCUT2D eigenvalue weighted by Crippen LogP contribution is 2.23. The molecule has 82 valence electrons. The third kappa shape index (κ3) is 2.52. The van der Waals surface area contributed by atoms with Crippen LogP contribution >= 0.6 is 27.7 Å². The smallest absolute Gasteiger partial charge is 0.167 e. The molecule has 0 aliphatic carbocycles. The number of hydrogen-bond acceptors (Lipinski definition) is 3. The van der Waals surface area contributed by atoms with E-state index < -0.39 is 0 Å². The lowest BCUT2D eigenvalue weighted by molar-refractivity contribution is 0.867. The van der Waals surface area contributed by atoms with E-state index in [-0.39, 0.29) is 0 Å². The van der Waals surface area contributed by atoms with E-state index in [1.165, 1.54) is 0 Å². The zero-order valence-corrected chi connectivity index (χ0v) is 11.7. The number of halogens is 1. The fraction of sp³-hybridized carbons (Fsp3) is 0.400. The molecule has 3 nitrogen and oxygen atoms in total. The van der Waals surface area contributed by atoms with E-state index in [9.17, 15) is 0 Å². The lowest BCUT2D eigenvalue weighted by Crippen LogP contribution is -1.95. The molecule has 0 N–H and O–H groups in total. The summed E-state index contributed by atoms with van der Waals surface area (Å²) < 4.78 is 2.68. The first-order valence-corrected chi connectivity index (χ1v) is 6.79. The Morgan fingerprint density at radius 2 is 2.07 bits per heavy atom. The molecule has 0 radical (unpaired) electrons. The standard InChI is InChI=1S/C8H8BrN3S.C2H6/c1-5-4-10-8-6(13-2)3-7(9)11-12(5)8;1-2/h3-4H,1-2H3;1-2H3. The summed E-state index contributed by atoms with van der Waals surface area (Å²) >= 11 is 5.04. The molecular weight excluding hydrogens is 274 g/mol. The van der Waals surface area contributed by atoms with Gasteiger partial charge in [0.25, 0.3) is 0 Å². The molecule has 0 saturated heterocycles. The zero-order chi connectivity index (χ0) is 11.4. The van der Waals surface area contributed by atoms with Gasteiger partial charge in [0.05, 0.1) is 16.8 Å². The van der Waals surface area contributed by atoms with Crippen LogP contribution in [0.1, 0.15) is 19.5 Å². The molecule has 0 atom stereocenters. The van der Waals surface area contributed by atoms with Gasteiger partial charge in [-0.1, -0.05) is 13.8 Å². The maximum Gasteiger partial charge on any atom is 0.167 e. The third-order valence-electron chi connectivity index (χ3n) is 1.79. The second-order valence-electron chi connectivity index (χ2n) is 2.67. The zero-order valence-electron chi connectivity index (χ0n) is 9.28. The van der Waals surface area contributed by atoms with Gasteiger partial charge in [-0.2, -0.15) is 5.10 Å². The minimum Gasteiger partial charge on any atom is -0.234 e. The highest BCUT2D eigenvalue weighted by Gasteiger charge is 2.06. The second-order valence-corrected chi connectivity index (χ2v) is 4.33. The van der Waals surface area contributed by atoms with Crippen LogP contribution in [-0.2, 0) is 0 Å². The summed E-state index contributed by atoms with van der Waals surface area (Å²) in [7, 11) is 0. The molecule has 0 saturated carbocycles. The Morgan fingerprint density at radius 3 is 2.67 bits per heavy atom. The van der Waals surface area contributed by atoms with E-state index in [4.69, 9.17) is 0 Å². The van der Waals surface area contributed by atoms with Gasteiger partial charge in [-0.3, -0.25) is 0 Å². The molecule has 0 amide bonds. The molecule has 0 fully saturated rings. The second kappa shape index (κ2) is 5.51. The van der Waals surface area contributed by atoms with Crippen LogP contribution in [0.25, 0.3) is 5.65 Å². The van der Waals surface area contributed by atoms with Crippen molar-refractivity contribution in [2.24, 2.45) is 0 Å². The Hall–Kier alpha value is -0.550. The highest BCUT2D eigenvalue weighted by atomic mass is 79.9. The Kier molecular flexibility index (Phi) is 4.60.